The first-order chi connectivity index (χ1) is 9.78. The van der Waals surface area contributed by atoms with Gasteiger partial charge in [0.25, 0.3) is 0 Å². The molecule has 1 aromatic heterocycles. The second-order valence-electron chi connectivity index (χ2n) is 5.61. The van der Waals surface area contributed by atoms with Crippen molar-refractivity contribution in [3.05, 3.63) is 23.9 Å². The molecule has 21 heavy (non-hydrogen) atoms. The quantitative estimate of drug-likeness (QED) is 0.875. The fourth-order valence-electron chi connectivity index (χ4n) is 2.62. The van der Waals surface area contributed by atoms with E-state index in [9.17, 15) is 13.2 Å². The molecule has 7 nitrogen and oxygen atoms in total. The molecule has 2 heterocycles. The van der Waals surface area contributed by atoms with Gasteiger partial charge >= 0.3 is 16.2 Å². The summed E-state index contributed by atoms with van der Waals surface area (Å²) in [6, 6.07) is 2.52. The van der Waals surface area contributed by atoms with Gasteiger partial charge in [-0.25, -0.2) is 9.78 Å². The molecular weight excluding hydrogens is 294 g/mol. The van der Waals surface area contributed by atoms with E-state index in [4.69, 9.17) is 5.11 Å². The average molecular weight is 313 g/mol. The fourth-order valence-corrected chi connectivity index (χ4v) is 4.02. The van der Waals surface area contributed by atoms with Crippen LogP contribution in [0.5, 0.6) is 0 Å². The molecular formula is C13H19N3O4S. The maximum Gasteiger partial charge on any atom is 0.335 e. The average Bonchev–Trinajstić information content (AvgIpc) is 2.37. The standard InChI is InChI=1S/C13H19N3O4S/c1-9-5-10(2)8-16(7-9)21(19,20)15-12-6-11(13(17)18)3-4-14-12/h3-4,6,9-10H,5,7-8H2,1-2H3,(H,14,15)(H,17,18). The van der Waals surface area contributed by atoms with Crippen LogP contribution in [0.3, 0.4) is 0 Å². The van der Waals surface area contributed by atoms with Gasteiger partial charge in [-0.05, 0) is 30.4 Å². The maximum absolute atomic E-state index is 12.4. The number of pyridine rings is 1. The number of piperidine rings is 1. The number of aromatic carboxylic acids is 1. The summed E-state index contributed by atoms with van der Waals surface area (Å²) in [6.07, 6.45) is 2.27. The second-order valence-corrected chi connectivity index (χ2v) is 7.28. The van der Waals surface area contributed by atoms with E-state index < -0.39 is 16.2 Å². The number of carboxylic acid groups (broad SMARTS) is 1. The van der Waals surface area contributed by atoms with E-state index >= 15 is 0 Å². The van der Waals surface area contributed by atoms with Crippen LogP contribution >= 0.6 is 0 Å². The van der Waals surface area contributed by atoms with Crippen molar-refractivity contribution in [2.75, 3.05) is 17.8 Å². The van der Waals surface area contributed by atoms with Crippen molar-refractivity contribution < 1.29 is 18.3 Å². The summed E-state index contributed by atoms with van der Waals surface area (Å²) in [4.78, 5) is 14.8. The Morgan fingerprint density at radius 1 is 1.38 bits per heavy atom. The molecule has 2 atom stereocenters. The van der Waals surface area contributed by atoms with Crippen LogP contribution in [-0.2, 0) is 10.2 Å². The highest BCUT2D eigenvalue weighted by atomic mass is 32.2. The van der Waals surface area contributed by atoms with Gasteiger partial charge in [-0.3, -0.25) is 4.72 Å². The monoisotopic (exact) mass is 313 g/mol. The Bertz CT molecular complexity index is 622. The molecule has 2 rings (SSSR count). The van der Waals surface area contributed by atoms with Crippen LogP contribution in [0.25, 0.3) is 0 Å². The fraction of sp³-hybridized carbons (Fsp3) is 0.538. The first kappa shape index (κ1) is 15.7. The number of carbonyl (C=O) groups is 1. The Labute approximate surface area is 124 Å². The lowest BCUT2D eigenvalue weighted by atomic mass is 9.94. The molecule has 2 unspecified atom stereocenters. The molecule has 0 amide bonds. The van der Waals surface area contributed by atoms with Gasteiger partial charge in [0.1, 0.15) is 5.82 Å². The van der Waals surface area contributed by atoms with E-state index in [0.29, 0.717) is 24.9 Å². The summed E-state index contributed by atoms with van der Waals surface area (Å²) in [6.45, 7) is 4.94. The summed E-state index contributed by atoms with van der Waals surface area (Å²) in [5.74, 6) is -0.522. The van der Waals surface area contributed by atoms with Gasteiger partial charge < -0.3 is 5.11 Å². The second kappa shape index (κ2) is 5.98. The van der Waals surface area contributed by atoms with Crippen LogP contribution in [0.4, 0.5) is 5.82 Å². The van der Waals surface area contributed by atoms with E-state index in [-0.39, 0.29) is 11.4 Å². The van der Waals surface area contributed by atoms with Crippen LogP contribution in [0.1, 0.15) is 30.6 Å². The van der Waals surface area contributed by atoms with Crippen LogP contribution in [-0.4, -0.2) is 41.9 Å². The zero-order valence-electron chi connectivity index (χ0n) is 12.0. The van der Waals surface area contributed by atoms with Crippen LogP contribution in [0, 0.1) is 11.8 Å². The lowest BCUT2D eigenvalue weighted by molar-refractivity contribution is 0.0697. The number of hydrogen-bond acceptors (Lipinski definition) is 4. The minimum absolute atomic E-state index is 0.0110. The first-order valence-corrected chi connectivity index (χ1v) is 8.19. The van der Waals surface area contributed by atoms with E-state index in [1.54, 1.807) is 0 Å². The van der Waals surface area contributed by atoms with Crippen molar-refractivity contribution in [1.82, 2.24) is 9.29 Å². The molecule has 0 saturated carbocycles. The van der Waals surface area contributed by atoms with Crippen molar-refractivity contribution in [3.63, 3.8) is 0 Å². The van der Waals surface area contributed by atoms with Crippen LogP contribution in [0.15, 0.2) is 18.3 Å². The third-order valence-electron chi connectivity index (χ3n) is 3.42. The van der Waals surface area contributed by atoms with Crippen molar-refractivity contribution in [1.29, 1.82) is 0 Å². The minimum Gasteiger partial charge on any atom is -0.478 e. The number of hydrogen-bond donors (Lipinski definition) is 2. The molecule has 0 radical (unpaired) electrons. The molecule has 1 saturated heterocycles. The third kappa shape index (κ3) is 3.92. The highest BCUT2D eigenvalue weighted by Gasteiger charge is 2.30. The highest BCUT2D eigenvalue weighted by molar-refractivity contribution is 7.90. The Kier molecular flexibility index (Phi) is 4.48. The molecule has 1 aliphatic heterocycles. The molecule has 8 heteroatoms. The number of aromatic nitrogens is 1. The number of rotatable bonds is 4. The number of anilines is 1. The largest absolute Gasteiger partial charge is 0.478 e. The van der Waals surface area contributed by atoms with Gasteiger partial charge in [0.2, 0.25) is 0 Å². The normalized spacial score (nSPS) is 23.7. The molecule has 1 aromatic rings. The van der Waals surface area contributed by atoms with Gasteiger partial charge in [0.15, 0.2) is 0 Å². The van der Waals surface area contributed by atoms with Crippen LogP contribution in [0.2, 0.25) is 0 Å². The summed E-state index contributed by atoms with van der Waals surface area (Å²) < 4.78 is 28.4. The van der Waals surface area contributed by atoms with E-state index in [2.05, 4.69) is 9.71 Å². The summed E-state index contributed by atoms with van der Waals surface area (Å²) in [5.41, 5.74) is -0.0110. The van der Waals surface area contributed by atoms with E-state index in [1.807, 2.05) is 13.8 Å². The lowest BCUT2D eigenvalue weighted by Crippen LogP contribution is -2.45. The summed E-state index contributed by atoms with van der Waals surface area (Å²) >= 11 is 0. The molecule has 0 bridgehead atoms. The number of carboxylic acids is 1. The van der Waals surface area contributed by atoms with Crippen molar-refractivity contribution in [2.24, 2.45) is 11.8 Å². The maximum atomic E-state index is 12.4. The molecule has 2 N–H and O–H groups in total. The SMILES string of the molecule is CC1CC(C)CN(S(=O)(=O)Nc2cc(C(=O)O)ccn2)C1. The summed E-state index contributed by atoms with van der Waals surface area (Å²) in [5, 5.41) is 8.91. The van der Waals surface area contributed by atoms with Gasteiger partial charge in [-0.1, -0.05) is 13.8 Å². The van der Waals surface area contributed by atoms with E-state index in [1.165, 1.54) is 22.6 Å². The highest BCUT2D eigenvalue weighted by Crippen LogP contribution is 2.23. The first-order valence-electron chi connectivity index (χ1n) is 6.75. The van der Waals surface area contributed by atoms with Gasteiger partial charge in [-0.2, -0.15) is 12.7 Å². The Morgan fingerprint density at radius 2 is 2.00 bits per heavy atom. The zero-order chi connectivity index (χ0) is 15.6. The zero-order valence-corrected chi connectivity index (χ0v) is 12.8. The van der Waals surface area contributed by atoms with Gasteiger partial charge in [0.05, 0.1) is 5.56 Å². The Hall–Kier alpha value is -1.67. The lowest BCUT2D eigenvalue weighted by Gasteiger charge is -2.33. The van der Waals surface area contributed by atoms with Gasteiger partial charge in [0, 0.05) is 19.3 Å². The van der Waals surface area contributed by atoms with Crippen molar-refractivity contribution in [2.45, 2.75) is 20.3 Å². The predicted molar refractivity (Wildman–Crippen MR) is 78.3 cm³/mol. The number of nitrogens with one attached hydrogen (secondary N) is 1. The third-order valence-corrected chi connectivity index (χ3v) is 4.86. The smallest absolute Gasteiger partial charge is 0.335 e. The molecule has 116 valence electrons. The van der Waals surface area contributed by atoms with Crippen molar-refractivity contribution >= 4 is 22.0 Å². The molecule has 0 aromatic carbocycles. The molecule has 0 aliphatic carbocycles. The Balaban J connectivity index is 2.17. The predicted octanol–water partition coefficient (Wildman–Crippen LogP) is 1.41. The molecule has 1 fully saturated rings. The minimum atomic E-state index is -3.72. The van der Waals surface area contributed by atoms with E-state index in [0.717, 1.165) is 6.42 Å². The summed E-state index contributed by atoms with van der Waals surface area (Å²) in [7, 11) is -3.72. The topological polar surface area (TPSA) is 99.6 Å². The van der Waals surface area contributed by atoms with Gasteiger partial charge in [-0.15, -0.1) is 0 Å². The molecule has 0 spiro atoms. The van der Waals surface area contributed by atoms with Crippen molar-refractivity contribution in [3.8, 4) is 0 Å². The van der Waals surface area contributed by atoms with Crippen LogP contribution < -0.4 is 4.72 Å². The number of nitrogens with zero attached hydrogens (tertiary/aromatic N) is 2. The Morgan fingerprint density at radius 3 is 2.57 bits per heavy atom. The molecule has 1 aliphatic rings.